The van der Waals surface area contributed by atoms with E-state index in [0.717, 1.165) is 12.3 Å². The third kappa shape index (κ3) is 4.69. The van der Waals surface area contributed by atoms with E-state index in [2.05, 4.69) is 15.2 Å². The normalized spacial score (nSPS) is 11.6. The van der Waals surface area contributed by atoms with Crippen LogP contribution >= 0.6 is 0 Å². The molecule has 0 radical (unpaired) electrons. The molecule has 4 N–H and O–H groups in total. The minimum absolute atomic E-state index is 0.190. The lowest BCUT2D eigenvalue weighted by atomic mass is 10.0. The summed E-state index contributed by atoms with van der Waals surface area (Å²) in [5.74, 6) is 0.232. The monoisotopic (exact) mass is 350 g/mol. The van der Waals surface area contributed by atoms with Crippen LogP contribution in [0, 0.1) is 0 Å². The number of hydrogen-bond donors (Lipinski definition) is 2. The Balaban J connectivity index is 2.53. The Morgan fingerprint density at radius 2 is 1.92 bits per heavy atom. The number of aromatic nitrogens is 1. The number of rotatable bonds is 4. The highest BCUT2D eigenvalue weighted by molar-refractivity contribution is 5.85. The van der Waals surface area contributed by atoms with E-state index in [1.54, 1.807) is 43.3 Å². The Morgan fingerprint density at radius 1 is 1.20 bits per heavy atom. The van der Waals surface area contributed by atoms with Gasteiger partial charge in [0.05, 0.1) is 11.8 Å². The van der Waals surface area contributed by atoms with Gasteiger partial charge in [0.15, 0.2) is 0 Å². The second-order valence-electron chi connectivity index (χ2n) is 5.38. The van der Waals surface area contributed by atoms with Crippen LogP contribution in [0.2, 0.25) is 0 Å². The van der Waals surface area contributed by atoms with E-state index >= 15 is 0 Å². The summed E-state index contributed by atoms with van der Waals surface area (Å²) in [7, 11) is 3.42. The molecule has 1 heterocycles. The fraction of sp³-hybridized carbons (Fsp3) is 0.188. The highest BCUT2D eigenvalue weighted by Crippen LogP contribution is 2.35. The molecule has 1 aromatic carbocycles. The Morgan fingerprint density at radius 3 is 2.52 bits per heavy atom. The van der Waals surface area contributed by atoms with Crippen molar-refractivity contribution in [2.45, 2.75) is 6.18 Å². The van der Waals surface area contributed by atoms with Gasteiger partial charge in [-0.2, -0.15) is 18.3 Å². The van der Waals surface area contributed by atoms with Gasteiger partial charge in [-0.1, -0.05) is 18.2 Å². The molecular formula is C16H17F3N6. The van der Waals surface area contributed by atoms with Gasteiger partial charge in [-0.15, -0.1) is 5.10 Å². The molecule has 0 fully saturated rings. The van der Waals surface area contributed by atoms with E-state index < -0.39 is 11.7 Å². The van der Waals surface area contributed by atoms with Crippen molar-refractivity contribution < 1.29 is 13.2 Å². The molecule has 25 heavy (non-hydrogen) atoms. The molecule has 2 rings (SSSR count). The van der Waals surface area contributed by atoms with Gasteiger partial charge in [-0.05, 0) is 23.3 Å². The Labute approximate surface area is 142 Å². The average molecular weight is 350 g/mol. The smallest absolute Gasteiger partial charge is 0.369 e. The topological polar surface area (TPSA) is 92.9 Å². The molecule has 0 atom stereocenters. The van der Waals surface area contributed by atoms with Gasteiger partial charge in [-0.3, -0.25) is 0 Å². The first-order chi connectivity index (χ1) is 11.7. The summed E-state index contributed by atoms with van der Waals surface area (Å²) in [6.45, 7) is 0. The summed E-state index contributed by atoms with van der Waals surface area (Å²) in [4.78, 5) is 5.60. The highest BCUT2D eigenvalue weighted by Gasteiger charge is 2.32. The number of alkyl halides is 3. The van der Waals surface area contributed by atoms with Crippen LogP contribution in [0.15, 0.2) is 46.7 Å². The molecule has 0 saturated carbocycles. The summed E-state index contributed by atoms with van der Waals surface area (Å²) in [5, 5.41) is 7.18. The lowest BCUT2D eigenvalue weighted by Gasteiger charge is -2.18. The molecule has 9 heteroatoms. The van der Waals surface area contributed by atoms with Crippen LogP contribution in [0.3, 0.4) is 0 Å². The summed E-state index contributed by atoms with van der Waals surface area (Å²) in [6, 6.07) is 7.88. The van der Waals surface area contributed by atoms with Crippen molar-refractivity contribution in [3.8, 4) is 11.1 Å². The first kappa shape index (κ1) is 18.2. The van der Waals surface area contributed by atoms with Crippen LogP contribution in [-0.4, -0.2) is 31.3 Å². The van der Waals surface area contributed by atoms with Crippen LogP contribution < -0.4 is 16.4 Å². The largest absolute Gasteiger partial charge is 0.417 e. The van der Waals surface area contributed by atoms with E-state index in [9.17, 15) is 13.2 Å². The van der Waals surface area contributed by atoms with Crippen LogP contribution in [0.5, 0.6) is 0 Å². The van der Waals surface area contributed by atoms with Crippen molar-refractivity contribution in [2.24, 2.45) is 21.7 Å². The van der Waals surface area contributed by atoms with Crippen LogP contribution in [0.1, 0.15) is 11.1 Å². The fourth-order valence-corrected chi connectivity index (χ4v) is 2.13. The molecule has 0 aliphatic rings. The lowest BCUT2D eigenvalue weighted by Crippen LogP contribution is -2.21. The van der Waals surface area contributed by atoms with Crippen molar-refractivity contribution in [1.82, 2.24) is 4.98 Å². The number of guanidine groups is 1. The van der Waals surface area contributed by atoms with Gasteiger partial charge in [0.2, 0.25) is 5.96 Å². The summed E-state index contributed by atoms with van der Waals surface area (Å²) in [5.41, 5.74) is 11.1. The number of benzene rings is 1. The van der Waals surface area contributed by atoms with Crippen LogP contribution in [-0.2, 0) is 6.18 Å². The summed E-state index contributed by atoms with van der Waals surface area (Å²) >= 11 is 0. The Bertz CT molecular complexity index is 808. The number of anilines is 1. The molecule has 0 spiro atoms. The van der Waals surface area contributed by atoms with Gasteiger partial charge < -0.3 is 16.4 Å². The van der Waals surface area contributed by atoms with Crippen molar-refractivity contribution in [3.05, 3.63) is 47.7 Å². The van der Waals surface area contributed by atoms with E-state index in [-0.39, 0.29) is 5.96 Å². The number of pyridine rings is 1. The van der Waals surface area contributed by atoms with Gasteiger partial charge in [0, 0.05) is 25.9 Å². The molecular weight excluding hydrogens is 333 g/mol. The fourth-order valence-electron chi connectivity index (χ4n) is 2.13. The molecule has 0 amide bonds. The van der Waals surface area contributed by atoms with E-state index in [0.29, 0.717) is 22.5 Å². The quantitative estimate of drug-likeness (QED) is 0.503. The van der Waals surface area contributed by atoms with E-state index in [1.165, 1.54) is 6.21 Å². The first-order valence-electron chi connectivity index (χ1n) is 7.15. The van der Waals surface area contributed by atoms with Gasteiger partial charge in [0.1, 0.15) is 5.82 Å². The second kappa shape index (κ2) is 7.20. The molecule has 0 bridgehead atoms. The predicted molar refractivity (Wildman–Crippen MR) is 92.4 cm³/mol. The minimum Gasteiger partial charge on any atom is -0.369 e. The number of nitrogens with zero attached hydrogens (tertiary/aromatic N) is 4. The molecule has 2 aromatic rings. The maximum atomic E-state index is 13.0. The van der Waals surface area contributed by atoms with Crippen LogP contribution in [0.4, 0.5) is 19.0 Å². The number of halogens is 3. The molecule has 0 unspecified atom stereocenters. The van der Waals surface area contributed by atoms with Crippen molar-refractivity contribution >= 4 is 18.0 Å². The maximum Gasteiger partial charge on any atom is 0.417 e. The molecule has 0 aliphatic heterocycles. The number of hydrogen-bond acceptors (Lipinski definition) is 4. The predicted octanol–water partition coefficient (Wildman–Crippen LogP) is 2.44. The second-order valence-corrected chi connectivity index (χ2v) is 5.38. The third-order valence-corrected chi connectivity index (χ3v) is 3.20. The van der Waals surface area contributed by atoms with E-state index in [1.807, 2.05) is 0 Å². The molecule has 132 valence electrons. The Hall–Kier alpha value is -3.10. The van der Waals surface area contributed by atoms with Crippen molar-refractivity contribution in [2.75, 3.05) is 19.0 Å². The zero-order valence-corrected chi connectivity index (χ0v) is 13.6. The third-order valence-electron chi connectivity index (χ3n) is 3.20. The standard InChI is InChI=1S/C16H17F3N6/c1-25(2)14-13(7-12(9-22-14)16(17,18)19)11-5-3-4-10(6-11)8-23-24-15(20)21/h3-9H,1-2H3,(H4,20,21,24). The number of nitrogens with two attached hydrogens (primary N) is 2. The van der Waals surface area contributed by atoms with Gasteiger partial charge in [-0.25, -0.2) is 4.98 Å². The highest BCUT2D eigenvalue weighted by atomic mass is 19.4. The zero-order valence-electron chi connectivity index (χ0n) is 13.6. The van der Waals surface area contributed by atoms with E-state index in [4.69, 9.17) is 11.5 Å². The molecule has 1 aromatic heterocycles. The first-order valence-corrected chi connectivity index (χ1v) is 7.15. The minimum atomic E-state index is -4.47. The maximum absolute atomic E-state index is 13.0. The summed E-state index contributed by atoms with van der Waals surface area (Å²) < 4.78 is 39.1. The molecule has 0 saturated heterocycles. The van der Waals surface area contributed by atoms with Crippen molar-refractivity contribution in [3.63, 3.8) is 0 Å². The molecule has 0 aliphatic carbocycles. The SMILES string of the molecule is CN(C)c1ncc(C(F)(F)F)cc1-c1cccc(C=NN=C(N)N)c1. The van der Waals surface area contributed by atoms with Crippen LogP contribution in [0.25, 0.3) is 11.1 Å². The Kier molecular flexibility index (Phi) is 5.26. The average Bonchev–Trinajstić information content (AvgIpc) is 2.53. The van der Waals surface area contributed by atoms with Crippen molar-refractivity contribution in [1.29, 1.82) is 0 Å². The zero-order chi connectivity index (χ0) is 18.6. The van der Waals surface area contributed by atoms with Gasteiger partial charge in [0.25, 0.3) is 0 Å². The molecule has 6 nitrogen and oxygen atoms in total. The summed E-state index contributed by atoms with van der Waals surface area (Å²) in [6.07, 6.45) is -2.25. The lowest BCUT2D eigenvalue weighted by molar-refractivity contribution is -0.137. The van der Waals surface area contributed by atoms with Gasteiger partial charge >= 0.3 is 6.18 Å².